The largest absolute Gasteiger partial charge is 0.497 e. The Balaban J connectivity index is 1.69. The van der Waals surface area contributed by atoms with Crippen LogP contribution >= 0.6 is 11.6 Å². The van der Waals surface area contributed by atoms with Gasteiger partial charge in [0.1, 0.15) is 12.3 Å². The van der Waals surface area contributed by atoms with Gasteiger partial charge in [0, 0.05) is 5.56 Å². The van der Waals surface area contributed by atoms with Crippen molar-refractivity contribution < 1.29 is 23.9 Å². The van der Waals surface area contributed by atoms with Crippen LogP contribution in [0.15, 0.2) is 48.5 Å². The van der Waals surface area contributed by atoms with Crippen LogP contribution in [-0.4, -0.2) is 47.2 Å². The average Bonchev–Trinajstić information content (AvgIpc) is 3.06. The van der Waals surface area contributed by atoms with Crippen molar-refractivity contribution in [2.24, 2.45) is 17.8 Å². The number of amides is 3. The quantitative estimate of drug-likeness (QED) is 0.472. The molecule has 1 saturated heterocycles. The van der Waals surface area contributed by atoms with E-state index in [1.165, 1.54) is 13.2 Å². The fourth-order valence-corrected chi connectivity index (χ4v) is 4.84. The van der Waals surface area contributed by atoms with Gasteiger partial charge >= 0.3 is 0 Å². The average molecular weight is 469 g/mol. The second-order valence-corrected chi connectivity index (χ2v) is 9.02. The number of nitrogens with zero attached hydrogens (tertiary/aromatic N) is 2. The molecule has 0 bridgehead atoms. The zero-order chi connectivity index (χ0) is 23.7. The Kier molecular flexibility index (Phi) is 6.51. The van der Waals surface area contributed by atoms with Crippen molar-refractivity contribution >= 4 is 35.1 Å². The van der Waals surface area contributed by atoms with Crippen molar-refractivity contribution in [3.8, 4) is 5.75 Å². The lowest BCUT2D eigenvalue weighted by atomic mass is 9.76. The Labute approximate surface area is 197 Å². The third-order valence-electron chi connectivity index (χ3n) is 6.45. The standard InChI is InChI=1S/C25H25ClN2O5/c1-15-7-12-18-20(13-15)25(32)28(24(18)31)27(23(30)19-5-3-4-6-21(19)26)14-22(29)16-8-10-17(33-2)11-9-16/h3-6,8-11,15,18,20H,7,12-14H2,1-2H3/t15-,18-,20-/m1/s1. The van der Waals surface area contributed by atoms with E-state index in [-0.39, 0.29) is 10.6 Å². The van der Waals surface area contributed by atoms with Crippen LogP contribution in [0.3, 0.4) is 0 Å². The van der Waals surface area contributed by atoms with Crippen molar-refractivity contribution in [2.75, 3.05) is 13.7 Å². The van der Waals surface area contributed by atoms with Crippen LogP contribution in [0, 0.1) is 17.8 Å². The van der Waals surface area contributed by atoms with E-state index in [1.54, 1.807) is 42.5 Å². The first-order valence-electron chi connectivity index (χ1n) is 10.9. The minimum Gasteiger partial charge on any atom is -0.497 e. The molecule has 8 heteroatoms. The summed E-state index contributed by atoms with van der Waals surface area (Å²) in [6.45, 7) is 1.58. The summed E-state index contributed by atoms with van der Waals surface area (Å²) in [6, 6.07) is 12.8. The first-order chi connectivity index (χ1) is 15.8. The lowest BCUT2D eigenvalue weighted by Gasteiger charge is -2.30. The number of imide groups is 1. The number of fused-ring (bicyclic) bond motifs is 1. The van der Waals surface area contributed by atoms with Crippen LogP contribution in [0.5, 0.6) is 5.75 Å². The first-order valence-corrected chi connectivity index (χ1v) is 11.3. The Morgan fingerprint density at radius 1 is 1.03 bits per heavy atom. The van der Waals surface area contributed by atoms with Gasteiger partial charge in [-0.05, 0) is 61.6 Å². The van der Waals surface area contributed by atoms with Gasteiger partial charge in [0.15, 0.2) is 5.78 Å². The van der Waals surface area contributed by atoms with E-state index in [9.17, 15) is 19.2 Å². The van der Waals surface area contributed by atoms with Gasteiger partial charge in [-0.25, -0.2) is 5.01 Å². The van der Waals surface area contributed by atoms with Gasteiger partial charge in [-0.15, -0.1) is 0 Å². The number of ether oxygens (including phenoxy) is 1. The summed E-state index contributed by atoms with van der Waals surface area (Å²) in [7, 11) is 1.52. The summed E-state index contributed by atoms with van der Waals surface area (Å²) in [5.41, 5.74) is 0.448. The molecule has 2 aliphatic rings. The van der Waals surface area contributed by atoms with Gasteiger partial charge < -0.3 is 4.74 Å². The number of halogens is 1. The van der Waals surface area contributed by atoms with Crippen LogP contribution in [-0.2, 0) is 9.59 Å². The lowest BCUT2D eigenvalue weighted by Crippen LogP contribution is -2.52. The van der Waals surface area contributed by atoms with Gasteiger partial charge in [0.25, 0.3) is 17.7 Å². The number of ketones is 1. The predicted octanol–water partition coefficient (Wildman–Crippen LogP) is 4.01. The number of benzene rings is 2. The molecule has 33 heavy (non-hydrogen) atoms. The summed E-state index contributed by atoms with van der Waals surface area (Å²) >= 11 is 6.24. The van der Waals surface area contributed by atoms with E-state index >= 15 is 0 Å². The smallest absolute Gasteiger partial charge is 0.274 e. The molecule has 0 N–H and O–H groups in total. The van der Waals surface area contributed by atoms with Crippen LogP contribution < -0.4 is 4.74 Å². The molecule has 0 radical (unpaired) electrons. The number of hydrogen-bond acceptors (Lipinski definition) is 5. The molecule has 3 atom stereocenters. The highest BCUT2D eigenvalue weighted by Gasteiger charge is 2.52. The van der Waals surface area contributed by atoms with Crippen molar-refractivity contribution in [1.82, 2.24) is 10.0 Å². The number of carbonyl (C=O) groups is 4. The molecule has 2 aromatic carbocycles. The molecular weight excluding hydrogens is 444 g/mol. The number of rotatable bonds is 6. The molecule has 172 valence electrons. The number of methoxy groups -OCH3 is 1. The zero-order valence-corrected chi connectivity index (χ0v) is 19.2. The molecule has 1 heterocycles. The summed E-state index contributed by atoms with van der Waals surface area (Å²) in [5, 5.41) is 2.02. The van der Waals surface area contributed by atoms with Crippen molar-refractivity contribution in [2.45, 2.75) is 26.2 Å². The summed E-state index contributed by atoms with van der Waals surface area (Å²) in [4.78, 5) is 53.2. The van der Waals surface area contributed by atoms with Crippen LogP contribution in [0.25, 0.3) is 0 Å². The number of hydrazine groups is 1. The summed E-state index contributed by atoms with van der Waals surface area (Å²) in [6.07, 6.45) is 2.02. The van der Waals surface area contributed by atoms with Crippen molar-refractivity contribution in [3.63, 3.8) is 0 Å². The topological polar surface area (TPSA) is 84.0 Å². The molecular formula is C25H25ClN2O5. The number of Topliss-reactive ketones (excluding diaryl/α,β-unsaturated/α-hetero) is 1. The molecule has 1 aliphatic carbocycles. The maximum absolute atomic E-state index is 13.5. The highest BCUT2D eigenvalue weighted by Crippen LogP contribution is 2.41. The normalized spacial score (nSPS) is 22.2. The summed E-state index contributed by atoms with van der Waals surface area (Å²) < 4.78 is 5.12. The van der Waals surface area contributed by atoms with E-state index in [0.717, 1.165) is 16.4 Å². The molecule has 0 aromatic heterocycles. The zero-order valence-electron chi connectivity index (χ0n) is 18.5. The fourth-order valence-electron chi connectivity index (χ4n) is 4.62. The molecule has 2 aromatic rings. The SMILES string of the molecule is COc1ccc(C(=O)CN(C(=O)c2ccccc2Cl)N2C(=O)[C@@H]3CC[C@@H](C)C[C@H]3C2=O)cc1. The Morgan fingerprint density at radius 3 is 2.36 bits per heavy atom. The van der Waals surface area contributed by atoms with Gasteiger partial charge in [-0.3, -0.25) is 19.2 Å². The fraction of sp³-hybridized carbons (Fsp3) is 0.360. The second-order valence-electron chi connectivity index (χ2n) is 8.61. The van der Waals surface area contributed by atoms with Gasteiger partial charge in [0.2, 0.25) is 0 Å². The molecule has 2 fully saturated rings. The van der Waals surface area contributed by atoms with E-state index in [4.69, 9.17) is 16.3 Å². The Bertz CT molecular complexity index is 1100. The highest BCUT2D eigenvalue weighted by molar-refractivity contribution is 6.34. The number of carbonyl (C=O) groups excluding carboxylic acids is 4. The van der Waals surface area contributed by atoms with Crippen molar-refractivity contribution in [3.05, 3.63) is 64.7 Å². The van der Waals surface area contributed by atoms with E-state index in [1.807, 2.05) is 0 Å². The third kappa shape index (κ3) is 4.37. The van der Waals surface area contributed by atoms with E-state index < -0.39 is 41.9 Å². The summed E-state index contributed by atoms with van der Waals surface area (Å²) in [5.74, 6) is -1.99. The second kappa shape index (κ2) is 9.35. The molecule has 3 amide bonds. The lowest BCUT2D eigenvalue weighted by molar-refractivity contribution is -0.154. The van der Waals surface area contributed by atoms with E-state index in [0.29, 0.717) is 30.1 Å². The van der Waals surface area contributed by atoms with E-state index in [2.05, 4.69) is 6.92 Å². The predicted molar refractivity (Wildman–Crippen MR) is 122 cm³/mol. The van der Waals surface area contributed by atoms with Gasteiger partial charge in [0.05, 0.1) is 29.5 Å². The maximum Gasteiger partial charge on any atom is 0.274 e. The van der Waals surface area contributed by atoms with Crippen LogP contribution in [0.4, 0.5) is 0 Å². The van der Waals surface area contributed by atoms with Gasteiger partial charge in [-0.1, -0.05) is 30.7 Å². The minimum atomic E-state index is -0.671. The van der Waals surface area contributed by atoms with Gasteiger partial charge in [-0.2, -0.15) is 5.01 Å². The maximum atomic E-state index is 13.5. The van der Waals surface area contributed by atoms with Crippen LogP contribution in [0.1, 0.15) is 46.9 Å². The van der Waals surface area contributed by atoms with Crippen molar-refractivity contribution in [1.29, 1.82) is 0 Å². The third-order valence-corrected chi connectivity index (χ3v) is 6.78. The monoisotopic (exact) mass is 468 g/mol. The number of hydrogen-bond donors (Lipinski definition) is 0. The Hall–Kier alpha value is -3.19. The molecule has 0 spiro atoms. The molecule has 1 saturated carbocycles. The molecule has 0 unspecified atom stereocenters. The molecule has 4 rings (SSSR count). The minimum absolute atomic E-state index is 0.116. The first kappa shape index (κ1) is 23.0. The molecule has 7 nitrogen and oxygen atoms in total. The Morgan fingerprint density at radius 2 is 1.70 bits per heavy atom. The molecule has 1 aliphatic heterocycles. The highest BCUT2D eigenvalue weighted by atomic mass is 35.5. The van der Waals surface area contributed by atoms with Crippen LogP contribution in [0.2, 0.25) is 5.02 Å².